The summed E-state index contributed by atoms with van der Waals surface area (Å²) in [4.78, 5) is 0. The van der Waals surface area contributed by atoms with Crippen molar-refractivity contribution in [2.24, 2.45) is 5.92 Å². The van der Waals surface area contributed by atoms with Gasteiger partial charge in [-0.15, -0.1) is 0 Å². The zero-order chi connectivity index (χ0) is 25.5. The molecule has 0 bridgehead atoms. The lowest BCUT2D eigenvalue weighted by Gasteiger charge is -2.37. The van der Waals surface area contributed by atoms with Crippen LogP contribution in [0, 0.1) is 5.92 Å². The summed E-state index contributed by atoms with van der Waals surface area (Å²) in [5.74, 6) is 0.599. The Hall–Kier alpha value is -2.64. The van der Waals surface area contributed by atoms with E-state index in [9.17, 15) is 10.2 Å². The van der Waals surface area contributed by atoms with Gasteiger partial charge in [-0.1, -0.05) is 51.5 Å². The quantitative estimate of drug-likeness (QED) is 0.214. The van der Waals surface area contributed by atoms with Crippen molar-refractivity contribution < 1.29 is 19.0 Å². The average Bonchev–Trinajstić information content (AvgIpc) is 3.54. The van der Waals surface area contributed by atoms with E-state index in [0.29, 0.717) is 5.92 Å². The number of rotatable bonds is 10. The molecule has 2 heterocycles. The molecule has 0 spiro atoms. The SMILES string of the molecule is CCNC(C1CCC1)C(O)c1ccc2ccoc2c1.CCNC(CC)C(O)c1ccc2ccoc2c1. The highest BCUT2D eigenvalue weighted by Crippen LogP contribution is 2.36. The first-order chi connectivity index (χ1) is 17.5. The van der Waals surface area contributed by atoms with E-state index in [-0.39, 0.29) is 12.1 Å². The van der Waals surface area contributed by atoms with Crippen molar-refractivity contribution in [1.29, 1.82) is 0 Å². The average molecular weight is 493 g/mol. The summed E-state index contributed by atoms with van der Waals surface area (Å²) >= 11 is 0. The topological polar surface area (TPSA) is 90.8 Å². The van der Waals surface area contributed by atoms with E-state index in [0.717, 1.165) is 52.6 Å². The zero-order valence-electron chi connectivity index (χ0n) is 21.6. The molecule has 4 aromatic rings. The molecule has 0 amide bonds. The fraction of sp³-hybridized carbons (Fsp3) is 0.467. The minimum atomic E-state index is -0.491. The van der Waals surface area contributed by atoms with Gasteiger partial charge in [0.2, 0.25) is 0 Å². The summed E-state index contributed by atoms with van der Waals surface area (Å²) < 4.78 is 10.8. The molecule has 194 valence electrons. The molecule has 4 atom stereocenters. The van der Waals surface area contributed by atoms with Crippen molar-refractivity contribution in [3.8, 4) is 0 Å². The molecule has 1 saturated carbocycles. The summed E-state index contributed by atoms with van der Waals surface area (Å²) in [6.45, 7) is 7.96. The molecule has 1 fully saturated rings. The van der Waals surface area contributed by atoms with Crippen LogP contribution >= 0.6 is 0 Å². The molecule has 0 radical (unpaired) electrons. The fourth-order valence-electron chi connectivity index (χ4n) is 5.06. The van der Waals surface area contributed by atoms with Crippen LogP contribution in [-0.2, 0) is 0 Å². The molecule has 0 saturated heterocycles. The molecule has 4 N–H and O–H groups in total. The van der Waals surface area contributed by atoms with Gasteiger partial charge in [0.1, 0.15) is 11.2 Å². The number of fused-ring (bicyclic) bond motifs is 2. The van der Waals surface area contributed by atoms with E-state index in [1.54, 1.807) is 12.5 Å². The third-order valence-electron chi connectivity index (χ3n) is 7.37. The maximum Gasteiger partial charge on any atom is 0.134 e. The van der Waals surface area contributed by atoms with Crippen molar-refractivity contribution in [3.05, 3.63) is 72.2 Å². The Bertz CT molecular complexity index is 1210. The van der Waals surface area contributed by atoms with E-state index in [1.165, 1.54) is 19.3 Å². The first-order valence-corrected chi connectivity index (χ1v) is 13.3. The number of aliphatic hydroxyl groups is 2. The first kappa shape index (κ1) is 26.4. The van der Waals surface area contributed by atoms with Crippen molar-refractivity contribution in [3.63, 3.8) is 0 Å². The van der Waals surface area contributed by atoms with Crippen LogP contribution in [0.25, 0.3) is 21.9 Å². The molecule has 2 aromatic heterocycles. The summed E-state index contributed by atoms with van der Waals surface area (Å²) in [5, 5.41) is 29.8. The van der Waals surface area contributed by atoms with E-state index in [2.05, 4.69) is 24.5 Å². The van der Waals surface area contributed by atoms with E-state index in [4.69, 9.17) is 8.83 Å². The standard InChI is InChI=1S/C16H21NO2.C14H19NO2/c1-2-17-15(12-4-3-5-12)16(18)13-7-6-11-8-9-19-14(11)10-13;1-3-12(15-4-2)14(16)11-6-5-10-7-8-17-13(10)9-11/h6-10,12,15-18H,2-5H2,1H3;5-9,12,14-16H,3-4H2,1-2H3. The van der Waals surface area contributed by atoms with Gasteiger partial charge < -0.3 is 29.7 Å². The number of benzene rings is 2. The molecular weight excluding hydrogens is 452 g/mol. The molecule has 0 aliphatic heterocycles. The Labute approximate surface area is 213 Å². The van der Waals surface area contributed by atoms with Crippen molar-refractivity contribution >= 4 is 21.9 Å². The van der Waals surface area contributed by atoms with Gasteiger partial charge >= 0.3 is 0 Å². The minimum absolute atomic E-state index is 0.0902. The van der Waals surface area contributed by atoms with Gasteiger partial charge in [0, 0.05) is 22.9 Å². The number of aliphatic hydroxyl groups excluding tert-OH is 2. The van der Waals surface area contributed by atoms with E-state index < -0.39 is 12.2 Å². The Morgan fingerprint density at radius 3 is 1.81 bits per heavy atom. The molecule has 6 nitrogen and oxygen atoms in total. The lowest BCUT2D eigenvalue weighted by atomic mass is 9.76. The van der Waals surface area contributed by atoms with Crippen LogP contribution in [0.15, 0.2) is 69.9 Å². The zero-order valence-corrected chi connectivity index (χ0v) is 21.6. The van der Waals surface area contributed by atoms with Gasteiger partial charge in [-0.05, 0) is 73.7 Å². The lowest BCUT2D eigenvalue weighted by molar-refractivity contribution is 0.0703. The molecule has 1 aliphatic rings. The molecule has 1 aliphatic carbocycles. The summed E-state index contributed by atoms with van der Waals surface area (Å²) in [5.41, 5.74) is 3.52. The molecule has 5 rings (SSSR count). The monoisotopic (exact) mass is 492 g/mol. The number of hydrogen-bond donors (Lipinski definition) is 4. The highest BCUT2D eigenvalue weighted by Gasteiger charge is 2.32. The third kappa shape index (κ3) is 6.01. The number of hydrogen-bond acceptors (Lipinski definition) is 6. The van der Waals surface area contributed by atoms with Gasteiger partial charge in [0.25, 0.3) is 0 Å². The summed E-state index contributed by atoms with van der Waals surface area (Å²) in [6, 6.07) is 16.0. The second-order valence-electron chi connectivity index (χ2n) is 9.67. The largest absolute Gasteiger partial charge is 0.464 e. The van der Waals surface area contributed by atoms with E-state index in [1.807, 2.05) is 55.5 Å². The highest BCUT2D eigenvalue weighted by atomic mass is 16.3. The Kier molecular flexibility index (Phi) is 9.21. The second-order valence-corrected chi connectivity index (χ2v) is 9.67. The van der Waals surface area contributed by atoms with Crippen molar-refractivity contribution in [1.82, 2.24) is 10.6 Å². The van der Waals surface area contributed by atoms with E-state index >= 15 is 0 Å². The normalized spacial score (nSPS) is 17.2. The molecule has 4 unspecified atom stereocenters. The number of furan rings is 2. The third-order valence-corrected chi connectivity index (χ3v) is 7.37. The van der Waals surface area contributed by atoms with Gasteiger partial charge in [-0.2, -0.15) is 0 Å². The Balaban J connectivity index is 0.000000170. The lowest BCUT2D eigenvalue weighted by Crippen LogP contribution is -2.43. The van der Waals surface area contributed by atoms with Gasteiger partial charge in [0.15, 0.2) is 0 Å². The van der Waals surface area contributed by atoms with Gasteiger partial charge in [0.05, 0.1) is 24.7 Å². The van der Waals surface area contributed by atoms with Crippen LogP contribution < -0.4 is 10.6 Å². The smallest absolute Gasteiger partial charge is 0.134 e. The highest BCUT2D eigenvalue weighted by molar-refractivity contribution is 5.78. The first-order valence-electron chi connectivity index (χ1n) is 13.3. The fourth-order valence-corrected chi connectivity index (χ4v) is 5.06. The molecule has 6 heteroatoms. The van der Waals surface area contributed by atoms with Crippen LogP contribution in [-0.4, -0.2) is 35.4 Å². The van der Waals surface area contributed by atoms with Gasteiger partial charge in [-0.3, -0.25) is 0 Å². The maximum absolute atomic E-state index is 10.6. The Morgan fingerprint density at radius 1 is 0.778 bits per heavy atom. The summed E-state index contributed by atoms with van der Waals surface area (Å²) in [7, 11) is 0. The van der Waals surface area contributed by atoms with Crippen LogP contribution in [0.4, 0.5) is 0 Å². The van der Waals surface area contributed by atoms with Gasteiger partial charge in [-0.25, -0.2) is 0 Å². The predicted octanol–water partition coefficient (Wildman–Crippen LogP) is 6.10. The van der Waals surface area contributed by atoms with Crippen molar-refractivity contribution in [2.45, 2.75) is 70.7 Å². The second kappa shape index (κ2) is 12.5. The minimum Gasteiger partial charge on any atom is -0.464 e. The van der Waals surface area contributed by atoms with Crippen molar-refractivity contribution in [2.75, 3.05) is 13.1 Å². The number of likely N-dealkylation sites (N-methyl/N-ethyl adjacent to an activating group) is 2. The van der Waals surface area contributed by atoms with Crippen LogP contribution in [0.2, 0.25) is 0 Å². The molecule has 2 aromatic carbocycles. The number of nitrogens with one attached hydrogen (secondary N) is 2. The predicted molar refractivity (Wildman–Crippen MR) is 145 cm³/mol. The Morgan fingerprint density at radius 2 is 1.33 bits per heavy atom. The molecule has 36 heavy (non-hydrogen) atoms. The van der Waals surface area contributed by atoms with Crippen LogP contribution in [0.1, 0.15) is 69.8 Å². The van der Waals surface area contributed by atoms with Crippen LogP contribution in [0.5, 0.6) is 0 Å². The maximum atomic E-state index is 10.6. The van der Waals surface area contributed by atoms with Crippen LogP contribution in [0.3, 0.4) is 0 Å². The molecular formula is C30H40N2O4. The summed E-state index contributed by atoms with van der Waals surface area (Å²) in [6.07, 6.45) is 7.03.